The van der Waals surface area contributed by atoms with Gasteiger partial charge in [-0.05, 0) is 153 Å². The molecule has 0 bridgehead atoms. The Hall–Kier alpha value is -0.520. The zero-order valence-corrected chi connectivity index (χ0v) is 66.5. The Morgan fingerprint density at radius 2 is 0.753 bits per heavy atom. The Labute approximate surface area is 582 Å². The van der Waals surface area contributed by atoms with Crippen molar-refractivity contribution in [1.82, 2.24) is 53.2 Å². The summed E-state index contributed by atoms with van der Waals surface area (Å²) in [5, 5.41) is 34.7. The molecule has 10 rings (SSSR count). The highest BCUT2D eigenvalue weighted by Gasteiger charge is 2.35. The van der Waals surface area contributed by atoms with Gasteiger partial charge in [-0.25, -0.2) is 0 Å². The molecule has 0 aromatic rings. The van der Waals surface area contributed by atoms with Crippen LogP contribution in [0.25, 0.3) is 0 Å². The van der Waals surface area contributed by atoms with Crippen LogP contribution >= 0.6 is 0 Å². The van der Waals surface area contributed by atoms with Crippen LogP contribution in [0.4, 0.5) is 0 Å². The highest BCUT2D eigenvalue weighted by atomic mass is 16.5. The molecular weight excluding hydrogens is 1150 g/mol. The van der Waals surface area contributed by atoms with Gasteiger partial charge >= 0.3 is 0 Å². The summed E-state index contributed by atoms with van der Waals surface area (Å²) in [6, 6.07) is 9.48. The van der Waals surface area contributed by atoms with Gasteiger partial charge in [-0.1, -0.05) is 205 Å². The van der Waals surface area contributed by atoms with Crippen LogP contribution in [0.5, 0.6) is 0 Å². The second kappa shape index (κ2) is 50.7. The molecule has 0 aromatic carbocycles. The second-order valence-electron chi connectivity index (χ2n) is 35.0. The number of hydrogen-bond donors (Lipinski definition) is 10. The van der Waals surface area contributed by atoms with Crippen LogP contribution in [0.1, 0.15) is 322 Å². The average molecular weight is 1320 g/mol. The maximum absolute atomic E-state index is 5.08. The van der Waals surface area contributed by atoms with Gasteiger partial charge in [0.25, 0.3) is 0 Å². The van der Waals surface area contributed by atoms with Crippen molar-refractivity contribution in [3.05, 3.63) is 0 Å². The first-order valence-corrected chi connectivity index (χ1v) is 39.3. The van der Waals surface area contributed by atoms with E-state index in [-0.39, 0.29) is 13.0 Å². The van der Waals surface area contributed by atoms with Crippen LogP contribution in [0.2, 0.25) is 0 Å². The van der Waals surface area contributed by atoms with Crippen LogP contribution in [0.3, 0.4) is 0 Å². The first kappa shape index (κ1) is 92.5. The molecule has 3 aliphatic heterocycles. The van der Waals surface area contributed by atoms with Crippen molar-refractivity contribution in [3.63, 3.8) is 0 Å². The number of ether oxygens (including phenoxy) is 3. The van der Waals surface area contributed by atoms with Crippen molar-refractivity contribution in [2.45, 2.75) is 418 Å². The minimum Gasteiger partial charge on any atom is -0.381 e. The largest absolute Gasteiger partial charge is 0.381 e. The quantitative estimate of drug-likeness (QED) is 0.0401. The first-order chi connectivity index (χ1) is 43.0. The minimum atomic E-state index is 0. The van der Waals surface area contributed by atoms with Gasteiger partial charge in [-0.15, -0.1) is 0 Å². The van der Waals surface area contributed by atoms with Gasteiger partial charge in [-0.3, -0.25) is 0 Å². The fourth-order valence-corrected chi connectivity index (χ4v) is 12.4. The molecule has 0 amide bonds. The van der Waals surface area contributed by atoms with Gasteiger partial charge in [0, 0.05) is 110 Å². The van der Waals surface area contributed by atoms with E-state index in [1.54, 1.807) is 0 Å². The van der Waals surface area contributed by atoms with E-state index in [0.29, 0.717) is 82.8 Å². The second-order valence-corrected chi connectivity index (χ2v) is 35.0. The summed E-state index contributed by atoms with van der Waals surface area (Å²) in [7, 11) is 0. The third kappa shape index (κ3) is 48.0. The van der Waals surface area contributed by atoms with Crippen LogP contribution in [-0.2, 0) is 14.2 Å². The summed E-state index contributed by atoms with van der Waals surface area (Å²) in [5.41, 5.74) is 1.93. The Kier molecular flexibility index (Phi) is 50.5. The smallest absolute Gasteiger partial charge is 0.0669 e. The Morgan fingerprint density at radius 3 is 0.935 bits per heavy atom. The molecule has 10 aliphatic rings. The monoisotopic (exact) mass is 1320 g/mol. The van der Waals surface area contributed by atoms with E-state index in [0.717, 1.165) is 88.0 Å². The molecule has 0 aromatic heterocycles. The summed E-state index contributed by atoms with van der Waals surface area (Å²) in [6.45, 7) is 68.1. The fourth-order valence-electron chi connectivity index (χ4n) is 12.4. The summed E-state index contributed by atoms with van der Waals surface area (Å²) in [4.78, 5) is 0. The Morgan fingerprint density at radius 1 is 0.376 bits per heavy atom. The van der Waals surface area contributed by atoms with Gasteiger partial charge in [0.15, 0.2) is 0 Å². The highest BCUT2D eigenvalue weighted by molar-refractivity contribution is 4.93. The average Bonchev–Trinajstić information content (AvgIpc) is 0.870. The van der Waals surface area contributed by atoms with Crippen molar-refractivity contribution < 1.29 is 14.2 Å². The predicted octanol–water partition coefficient (Wildman–Crippen LogP) is 16.4. The summed E-state index contributed by atoms with van der Waals surface area (Å²) in [5.74, 6) is 3.69. The molecule has 1 unspecified atom stereocenters. The molecule has 7 saturated carbocycles. The maximum atomic E-state index is 5.08. The molecule has 3 heterocycles. The van der Waals surface area contributed by atoms with E-state index in [1.807, 2.05) is 0 Å². The van der Waals surface area contributed by atoms with Crippen molar-refractivity contribution in [2.24, 2.45) is 34.5 Å². The molecular formula is C80H172N10O3. The van der Waals surface area contributed by atoms with Crippen LogP contribution < -0.4 is 53.2 Å². The normalized spacial score (nSPS) is 21.5. The van der Waals surface area contributed by atoms with Crippen molar-refractivity contribution in [2.75, 3.05) is 65.8 Å². The lowest BCUT2D eigenvalue weighted by Crippen LogP contribution is -2.60. The van der Waals surface area contributed by atoms with E-state index in [1.165, 1.54) is 154 Å². The summed E-state index contributed by atoms with van der Waals surface area (Å²) in [6.07, 6.45) is 30.1. The summed E-state index contributed by atoms with van der Waals surface area (Å²) >= 11 is 0. The van der Waals surface area contributed by atoms with Gasteiger partial charge < -0.3 is 67.4 Å². The van der Waals surface area contributed by atoms with E-state index in [9.17, 15) is 0 Å². The standard InChI is InChI=1S/C10H21N.3C9H19N.C8H17N.2C7H15NO.2C7H15N.C6H13NO.CH4/c1-8(2)11-10(3,4)9-6-5-7-9;2*1-8(2)10-7-9(3)5-4-6-9;1-7(2)10-8(3)9-5-4-6-9;1-7(2)9-6-8-4-3-5-8;1-6(2)8-7(3)4-9-5-7;1-6(2)8-3-7-4-9-5-7;2*1-6(2)8-7-4-3-5-7;1-5(2)7-6-3-8-4-6;/h8-9,11H,5-7H2,1-4H3;2*8,10H,4-7H2,1-3H3;7-10H,4-6H2,1-3H3;7-9H,3-6H2,1-2H3;6,8H,4-5H2,1-3H3;6-8H,3-5H2,1-2H3;2*6-8H,3-5H2,1-2H3;5-7H,3-4H2,1-2H3;1H4. The van der Waals surface area contributed by atoms with E-state index >= 15 is 0 Å². The SMILES string of the molecule is C.CC(C)NC(C)(C)C1CCC1.CC(C)NC(C)C1CCC1.CC(C)NC1(C)COC1.CC(C)NC1CCC1.CC(C)NC1CCC1.CC(C)NC1COC1.CC(C)NCC1(C)CCC1.CC(C)NCC1(C)CCC1.CC(C)NCC1CCC1.CC(C)NCC1COC1. The molecule has 10 fully saturated rings. The molecule has 13 heteroatoms. The fraction of sp³-hybridized carbons (Fsp3) is 1.00. The molecule has 560 valence electrons. The molecule has 0 radical (unpaired) electrons. The maximum Gasteiger partial charge on any atom is 0.0669 e. The van der Waals surface area contributed by atoms with E-state index < -0.39 is 0 Å². The summed E-state index contributed by atoms with van der Waals surface area (Å²) < 4.78 is 15.1. The topological polar surface area (TPSA) is 148 Å². The third-order valence-electron chi connectivity index (χ3n) is 19.8. The first-order valence-electron chi connectivity index (χ1n) is 39.3. The number of rotatable bonds is 26. The van der Waals surface area contributed by atoms with E-state index in [2.05, 4.69) is 233 Å². The van der Waals surface area contributed by atoms with Gasteiger partial charge in [-0.2, -0.15) is 0 Å². The van der Waals surface area contributed by atoms with Crippen LogP contribution in [0.15, 0.2) is 0 Å². The molecule has 10 N–H and O–H groups in total. The Balaban J connectivity index is 0.00000101. The number of hydrogen-bond acceptors (Lipinski definition) is 13. The van der Waals surface area contributed by atoms with Gasteiger partial charge in [0.2, 0.25) is 0 Å². The van der Waals surface area contributed by atoms with Gasteiger partial charge in [0.1, 0.15) is 0 Å². The zero-order chi connectivity index (χ0) is 69.5. The van der Waals surface area contributed by atoms with Crippen LogP contribution in [0, 0.1) is 34.5 Å². The lowest BCUT2D eigenvalue weighted by molar-refractivity contribution is -0.0676. The molecule has 0 spiro atoms. The zero-order valence-electron chi connectivity index (χ0n) is 66.5. The molecule has 1 atom stereocenters. The van der Waals surface area contributed by atoms with Crippen LogP contribution in [-0.4, -0.2) is 161 Å². The lowest BCUT2D eigenvalue weighted by Gasteiger charge is -2.42. The van der Waals surface area contributed by atoms with Gasteiger partial charge in [0.05, 0.1) is 51.2 Å². The van der Waals surface area contributed by atoms with Crippen molar-refractivity contribution >= 4 is 0 Å². The van der Waals surface area contributed by atoms with Crippen molar-refractivity contribution in [3.8, 4) is 0 Å². The molecule has 93 heavy (non-hydrogen) atoms. The van der Waals surface area contributed by atoms with E-state index in [4.69, 9.17) is 14.2 Å². The third-order valence-corrected chi connectivity index (χ3v) is 19.8. The molecule has 13 nitrogen and oxygen atoms in total. The predicted molar refractivity (Wildman–Crippen MR) is 412 cm³/mol. The minimum absolute atomic E-state index is 0. The highest BCUT2D eigenvalue weighted by Crippen LogP contribution is 2.40. The molecule has 3 saturated heterocycles. The lowest BCUT2D eigenvalue weighted by atomic mass is 9.70. The number of nitrogens with one attached hydrogen (secondary N) is 10. The Bertz CT molecular complexity index is 1590. The molecule has 7 aliphatic carbocycles. The van der Waals surface area contributed by atoms with Crippen molar-refractivity contribution in [1.29, 1.82) is 0 Å².